The van der Waals surface area contributed by atoms with E-state index in [0.29, 0.717) is 37.2 Å². The summed E-state index contributed by atoms with van der Waals surface area (Å²) in [5.74, 6) is 4.51. The first-order valence-corrected chi connectivity index (χ1v) is 5.49. The van der Waals surface area contributed by atoms with Gasteiger partial charge in [-0.15, -0.1) is 30.4 Å². The smallest absolute Gasteiger partial charge is 0.226 e. The standard InChI is InChI=1S/C11H17N5O.HI/c1-4-7-13-11(12-3)14-8-6-9-15-10(5-2)17-16-9;/h1H,5-8H2,2-3H3,(H2,12,13,14);1H. The normalized spacial score (nSPS) is 10.4. The van der Waals surface area contributed by atoms with Crippen LogP contribution in [-0.2, 0) is 12.8 Å². The van der Waals surface area contributed by atoms with Crippen LogP contribution in [0.15, 0.2) is 9.52 Å². The molecule has 0 amide bonds. The summed E-state index contributed by atoms with van der Waals surface area (Å²) >= 11 is 0. The SMILES string of the molecule is C#CCNC(=NC)NCCc1noc(CC)n1.I. The van der Waals surface area contributed by atoms with Crippen LogP contribution in [0.2, 0.25) is 0 Å². The summed E-state index contributed by atoms with van der Waals surface area (Å²) in [6, 6.07) is 0. The van der Waals surface area contributed by atoms with Gasteiger partial charge in [-0.05, 0) is 0 Å². The Balaban J connectivity index is 0.00000289. The molecule has 0 spiro atoms. The number of guanidine groups is 1. The Kier molecular flexibility index (Phi) is 9.00. The molecule has 0 saturated carbocycles. The lowest BCUT2D eigenvalue weighted by Crippen LogP contribution is -2.38. The minimum atomic E-state index is 0. The first-order valence-electron chi connectivity index (χ1n) is 5.49. The number of terminal acetylenes is 1. The van der Waals surface area contributed by atoms with Crippen molar-refractivity contribution < 1.29 is 4.52 Å². The van der Waals surface area contributed by atoms with Crippen LogP contribution in [0, 0.1) is 12.3 Å². The van der Waals surface area contributed by atoms with Crippen LogP contribution in [0.1, 0.15) is 18.6 Å². The van der Waals surface area contributed by atoms with E-state index in [0.717, 1.165) is 6.42 Å². The molecule has 0 aliphatic rings. The molecule has 0 radical (unpaired) electrons. The first-order chi connectivity index (χ1) is 8.30. The van der Waals surface area contributed by atoms with Gasteiger partial charge in [-0.3, -0.25) is 4.99 Å². The summed E-state index contributed by atoms with van der Waals surface area (Å²) in [6.07, 6.45) is 6.58. The first kappa shape index (κ1) is 16.7. The van der Waals surface area contributed by atoms with Crippen molar-refractivity contribution >= 4 is 29.9 Å². The van der Waals surface area contributed by atoms with Crippen molar-refractivity contribution in [1.82, 2.24) is 20.8 Å². The van der Waals surface area contributed by atoms with Crippen molar-refractivity contribution in [3.05, 3.63) is 11.7 Å². The summed E-state index contributed by atoms with van der Waals surface area (Å²) < 4.78 is 5.00. The topological polar surface area (TPSA) is 75.3 Å². The number of aromatic nitrogens is 2. The fraction of sp³-hybridized carbons (Fsp3) is 0.545. The Morgan fingerprint density at radius 2 is 2.28 bits per heavy atom. The molecule has 0 bridgehead atoms. The minimum absolute atomic E-state index is 0. The Bertz CT molecular complexity index is 410. The lowest BCUT2D eigenvalue weighted by atomic mass is 10.4. The molecule has 0 atom stereocenters. The summed E-state index contributed by atoms with van der Waals surface area (Å²) in [6.45, 7) is 3.09. The number of rotatable bonds is 5. The fourth-order valence-corrected chi connectivity index (χ4v) is 1.18. The van der Waals surface area contributed by atoms with Crippen LogP contribution in [0.25, 0.3) is 0 Å². The molecule has 0 saturated heterocycles. The number of nitrogens with zero attached hydrogens (tertiary/aromatic N) is 3. The molecule has 18 heavy (non-hydrogen) atoms. The molecule has 100 valence electrons. The van der Waals surface area contributed by atoms with Crippen LogP contribution in [-0.4, -0.2) is 36.2 Å². The highest BCUT2D eigenvalue weighted by atomic mass is 127. The molecule has 0 unspecified atom stereocenters. The number of hydrogen-bond acceptors (Lipinski definition) is 4. The molecular formula is C11H18IN5O. The van der Waals surface area contributed by atoms with Crippen molar-refractivity contribution in [1.29, 1.82) is 0 Å². The van der Waals surface area contributed by atoms with Gasteiger partial charge >= 0.3 is 0 Å². The van der Waals surface area contributed by atoms with Crippen molar-refractivity contribution in [3.8, 4) is 12.3 Å². The Hall–Kier alpha value is -1.30. The molecule has 1 aromatic rings. The van der Waals surface area contributed by atoms with Gasteiger partial charge in [0.25, 0.3) is 0 Å². The van der Waals surface area contributed by atoms with Gasteiger partial charge in [0.05, 0.1) is 6.54 Å². The largest absolute Gasteiger partial charge is 0.356 e. The number of halogens is 1. The van der Waals surface area contributed by atoms with Gasteiger partial charge in [0.2, 0.25) is 5.89 Å². The third kappa shape index (κ3) is 5.86. The average Bonchev–Trinajstić information content (AvgIpc) is 2.81. The molecule has 1 rings (SSSR count). The van der Waals surface area contributed by atoms with E-state index in [-0.39, 0.29) is 24.0 Å². The number of aliphatic imine (C=N–C) groups is 1. The maximum atomic E-state index is 5.14. The van der Waals surface area contributed by atoms with E-state index < -0.39 is 0 Å². The summed E-state index contributed by atoms with van der Waals surface area (Å²) in [4.78, 5) is 8.22. The Morgan fingerprint density at radius 3 is 2.83 bits per heavy atom. The average molecular weight is 363 g/mol. The van der Waals surface area contributed by atoms with Gasteiger partial charge < -0.3 is 15.2 Å². The van der Waals surface area contributed by atoms with Gasteiger partial charge in [0.1, 0.15) is 0 Å². The van der Waals surface area contributed by atoms with Gasteiger partial charge in [-0.1, -0.05) is 18.0 Å². The van der Waals surface area contributed by atoms with E-state index in [9.17, 15) is 0 Å². The minimum Gasteiger partial charge on any atom is -0.356 e. The van der Waals surface area contributed by atoms with Crippen LogP contribution in [0.3, 0.4) is 0 Å². The molecule has 1 aromatic heterocycles. The summed E-state index contributed by atoms with van der Waals surface area (Å²) in [5, 5.41) is 9.92. The van der Waals surface area contributed by atoms with Crippen LogP contribution in [0.4, 0.5) is 0 Å². The zero-order valence-electron chi connectivity index (χ0n) is 10.6. The number of hydrogen-bond donors (Lipinski definition) is 2. The molecule has 0 aliphatic heterocycles. The van der Waals surface area contributed by atoms with Crippen molar-refractivity contribution in [2.75, 3.05) is 20.1 Å². The predicted molar refractivity (Wildman–Crippen MR) is 81.0 cm³/mol. The Morgan fingerprint density at radius 1 is 1.50 bits per heavy atom. The molecule has 0 fully saturated rings. The second kappa shape index (κ2) is 9.70. The lowest BCUT2D eigenvalue weighted by molar-refractivity contribution is 0.376. The van der Waals surface area contributed by atoms with Crippen molar-refractivity contribution in [3.63, 3.8) is 0 Å². The molecule has 0 aliphatic carbocycles. The molecule has 6 nitrogen and oxygen atoms in total. The van der Waals surface area contributed by atoms with E-state index in [2.05, 4.69) is 31.7 Å². The highest BCUT2D eigenvalue weighted by molar-refractivity contribution is 14.0. The van der Waals surface area contributed by atoms with E-state index in [1.54, 1.807) is 7.05 Å². The molecule has 7 heteroatoms. The van der Waals surface area contributed by atoms with E-state index >= 15 is 0 Å². The monoisotopic (exact) mass is 363 g/mol. The summed E-state index contributed by atoms with van der Waals surface area (Å²) in [7, 11) is 1.69. The van der Waals surface area contributed by atoms with Crippen LogP contribution in [0.5, 0.6) is 0 Å². The van der Waals surface area contributed by atoms with E-state index in [4.69, 9.17) is 10.9 Å². The molecule has 1 heterocycles. The van der Waals surface area contributed by atoms with Gasteiger partial charge in [-0.25, -0.2) is 0 Å². The second-order valence-corrected chi connectivity index (χ2v) is 3.26. The summed E-state index contributed by atoms with van der Waals surface area (Å²) in [5.41, 5.74) is 0. The van der Waals surface area contributed by atoms with Crippen molar-refractivity contribution in [2.45, 2.75) is 19.8 Å². The van der Waals surface area contributed by atoms with Gasteiger partial charge in [0.15, 0.2) is 11.8 Å². The molecule has 0 aromatic carbocycles. The third-order valence-electron chi connectivity index (χ3n) is 2.04. The molecule has 2 N–H and O–H groups in total. The fourth-order valence-electron chi connectivity index (χ4n) is 1.18. The highest BCUT2D eigenvalue weighted by Gasteiger charge is 2.04. The van der Waals surface area contributed by atoms with Gasteiger partial charge in [0, 0.05) is 26.4 Å². The second-order valence-electron chi connectivity index (χ2n) is 3.26. The Labute approximate surface area is 124 Å². The third-order valence-corrected chi connectivity index (χ3v) is 2.04. The van der Waals surface area contributed by atoms with E-state index in [1.165, 1.54) is 0 Å². The maximum Gasteiger partial charge on any atom is 0.226 e. The number of aryl methyl sites for hydroxylation is 1. The van der Waals surface area contributed by atoms with Gasteiger partial charge in [-0.2, -0.15) is 4.98 Å². The zero-order chi connectivity index (χ0) is 12.5. The van der Waals surface area contributed by atoms with Crippen LogP contribution < -0.4 is 10.6 Å². The quantitative estimate of drug-likeness (QED) is 0.347. The number of nitrogens with one attached hydrogen (secondary N) is 2. The highest BCUT2D eigenvalue weighted by Crippen LogP contribution is 1.97. The van der Waals surface area contributed by atoms with Crippen molar-refractivity contribution in [2.24, 2.45) is 4.99 Å². The van der Waals surface area contributed by atoms with Crippen LogP contribution >= 0.6 is 24.0 Å². The van der Waals surface area contributed by atoms with E-state index in [1.807, 2.05) is 6.92 Å². The molecular weight excluding hydrogens is 345 g/mol. The predicted octanol–water partition coefficient (Wildman–Crippen LogP) is 0.591. The zero-order valence-corrected chi connectivity index (χ0v) is 12.9. The maximum absolute atomic E-state index is 5.14. The lowest BCUT2D eigenvalue weighted by Gasteiger charge is -2.08.